The molecule has 0 saturated heterocycles. The van der Waals surface area contributed by atoms with Crippen molar-refractivity contribution >= 4 is 33.5 Å². The van der Waals surface area contributed by atoms with Crippen molar-refractivity contribution in [3.05, 3.63) is 34.1 Å². The number of halogens is 1. The van der Waals surface area contributed by atoms with Gasteiger partial charge in [0.25, 0.3) is 5.91 Å². The summed E-state index contributed by atoms with van der Waals surface area (Å²) in [6, 6.07) is 4.97. The molecule has 0 bridgehead atoms. The van der Waals surface area contributed by atoms with Crippen LogP contribution < -0.4 is 11.1 Å². The number of nitrogens with zero attached hydrogens (tertiary/aromatic N) is 2. The Bertz CT molecular complexity index is 547. The molecule has 0 radical (unpaired) electrons. The average molecular weight is 297 g/mol. The number of anilines is 2. The van der Waals surface area contributed by atoms with Gasteiger partial charge in [0.05, 0.1) is 0 Å². The molecule has 2 aromatic rings. The maximum atomic E-state index is 11.8. The highest BCUT2D eigenvalue weighted by atomic mass is 79.9. The van der Waals surface area contributed by atoms with Gasteiger partial charge in [-0.1, -0.05) is 21.1 Å². The Kier molecular flexibility index (Phi) is 3.10. The van der Waals surface area contributed by atoms with Crippen LogP contribution in [0.1, 0.15) is 16.2 Å². The highest BCUT2D eigenvalue weighted by Crippen LogP contribution is 2.18. The van der Waals surface area contributed by atoms with E-state index in [1.54, 1.807) is 25.1 Å². The topological polar surface area (TPSA) is 94.0 Å². The first-order chi connectivity index (χ1) is 8.04. The minimum Gasteiger partial charge on any atom is -0.399 e. The summed E-state index contributed by atoms with van der Waals surface area (Å²) < 4.78 is 5.51. The maximum Gasteiger partial charge on any atom is 0.328 e. The number of aryl methyl sites for hydroxylation is 1. The maximum absolute atomic E-state index is 11.8. The first kappa shape index (κ1) is 11.6. The zero-order valence-corrected chi connectivity index (χ0v) is 10.5. The standard InChI is InChI=1S/C10H9BrN4O2/c1-5-13-10(17-15-5)14-9(16)6-2-7(11)4-8(12)3-6/h2-4H,12H2,1H3,(H,13,14,15,16). The van der Waals surface area contributed by atoms with E-state index in [2.05, 4.69) is 31.4 Å². The molecule has 0 aliphatic carbocycles. The van der Waals surface area contributed by atoms with Gasteiger partial charge < -0.3 is 10.3 Å². The van der Waals surface area contributed by atoms with Gasteiger partial charge in [0.1, 0.15) is 0 Å². The third-order valence-electron chi connectivity index (χ3n) is 1.93. The van der Waals surface area contributed by atoms with Crippen LogP contribution in [0.25, 0.3) is 0 Å². The molecule has 1 heterocycles. The fourth-order valence-electron chi connectivity index (χ4n) is 1.26. The van der Waals surface area contributed by atoms with E-state index < -0.39 is 0 Å². The molecule has 1 amide bonds. The predicted octanol–water partition coefficient (Wildman–Crippen LogP) is 1.98. The first-order valence-corrected chi connectivity index (χ1v) is 5.51. The lowest BCUT2D eigenvalue weighted by Crippen LogP contribution is -2.12. The Hall–Kier alpha value is -1.89. The minimum absolute atomic E-state index is 0.0612. The van der Waals surface area contributed by atoms with Gasteiger partial charge in [-0.15, -0.1) is 0 Å². The Labute approximate surface area is 105 Å². The summed E-state index contributed by atoms with van der Waals surface area (Å²) in [4.78, 5) is 15.7. The quantitative estimate of drug-likeness (QED) is 0.826. The Morgan fingerprint density at radius 2 is 2.24 bits per heavy atom. The summed E-state index contributed by atoms with van der Waals surface area (Å²) in [7, 11) is 0. The summed E-state index contributed by atoms with van der Waals surface area (Å²) in [5.74, 6) is 0.0932. The van der Waals surface area contributed by atoms with Crippen molar-refractivity contribution in [1.29, 1.82) is 0 Å². The van der Waals surface area contributed by atoms with Crippen LogP contribution in [0.3, 0.4) is 0 Å². The van der Waals surface area contributed by atoms with E-state index in [0.717, 1.165) is 4.47 Å². The molecular weight excluding hydrogens is 288 g/mol. The number of carbonyl (C=O) groups is 1. The average Bonchev–Trinajstić information content (AvgIpc) is 2.62. The van der Waals surface area contributed by atoms with E-state index in [0.29, 0.717) is 17.1 Å². The second-order valence-electron chi connectivity index (χ2n) is 3.37. The van der Waals surface area contributed by atoms with Gasteiger partial charge in [0.2, 0.25) is 0 Å². The molecular formula is C10H9BrN4O2. The molecule has 88 valence electrons. The molecule has 2 rings (SSSR count). The van der Waals surface area contributed by atoms with Crippen molar-refractivity contribution in [2.45, 2.75) is 6.92 Å². The van der Waals surface area contributed by atoms with Crippen molar-refractivity contribution < 1.29 is 9.32 Å². The fourth-order valence-corrected chi connectivity index (χ4v) is 1.77. The second kappa shape index (κ2) is 4.54. The number of carbonyl (C=O) groups excluding carboxylic acids is 1. The zero-order valence-electron chi connectivity index (χ0n) is 8.90. The third-order valence-corrected chi connectivity index (χ3v) is 2.39. The SMILES string of the molecule is Cc1noc(NC(=O)c2cc(N)cc(Br)c2)n1. The second-order valence-corrected chi connectivity index (χ2v) is 4.29. The molecule has 1 aromatic heterocycles. The number of benzene rings is 1. The minimum atomic E-state index is -0.360. The van der Waals surface area contributed by atoms with E-state index in [1.807, 2.05) is 0 Å². The van der Waals surface area contributed by atoms with Crippen LogP contribution in [0, 0.1) is 6.92 Å². The van der Waals surface area contributed by atoms with Gasteiger partial charge in [-0.05, 0) is 25.1 Å². The lowest BCUT2D eigenvalue weighted by atomic mass is 10.2. The summed E-state index contributed by atoms with van der Waals surface area (Å²) >= 11 is 3.26. The van der Waals surface area contributed by atoms with Crippen LogP contribution in [0.2, 0.25) is 0 Å². The van der Waals surface area contributed by atoms with E-state index in [-0.39, 0.29) is 11.9 Å². The van der Waals surface area contributed by atoms with Crippen molar-refractivity contribution in [1.82, 2.24) is 10.1 Å². The Balaban J connectivity index is 2.19. The smallest absolute Gasteiger partial charge is 0.328 e. The Morgan fingerprint density at radius 1 is 1.47 bits per heavy atom. The molecule has 7 heteroatoms. The fraction of sp³-hybridized carbons (Fsp3) is 0.100. The predicted molar refractivity (Wildman–Crippen MR) is 65.5 cm³/mol. The van der Waals surface area contributed by atoms with E-state index >= 15 is 0 Å². The highest BCUT2D eigenvalue weighted by molar-refractivity contribution is 9.10. The molecule has 0 atom stereocenters. The third kappa shape index (κ3) is 2.82. The molecule has 1 aromatic carbocycles. The Morgan fingerprint density at radius 3 is 2.82 bits per heavy atom. The zero-order chi connectivity index (χ0) is 12.4. The molecule has 0 saturated carbocycles. The largest absolute Gasteiger partial charge is 0.399 e. The summed E-state index contributed by atoms with van der Waals surface area (Å²) in [6.45, 7) is 1.66. The van der Waals surface area contributed by atoms with Crippen molar-refractivity contribution in [3.63, 3.8) is 0 Å². The lowest BCUT2D eigenvalue weighted by molar-refractivity contribution is 0.102. The van der Waals surface area contributed by atoms with Gasteiger partial charge in [0, 0.05) is 15.7 Å². The number of aromatic nitrogens is 2. The van der Waals surface area contributed by atoms with Crippen LogP contribution in [0.4, 0.5) is 11.7 Å². The van der Waals surface area contributed by atoms with Crippen LogP contribution in [-0.2, 0) is 0 Å². The van der Waals surface area contributed by atoms with Crippen LogP contribution in [-0.4, -0.2) is 16.0 Å². The summed E-state index contributed by atoms with van der Waals surface area (Å²) in [5, 5.41) is 6.04. The molecule has 3 N–H and O–H groups in total. The lowest BCUT2D eigenvalue weighted by Gasteiger charge is -2.02. The van der Waals surface area contributed by atoms with Gasteiger partial charge >= 0.3 is 6.01 Å². The number of hydrogen-bond donors (Lipinski definition) is 2. The molecule has 0 aliphatic heterocycles. The number of amides is 1. The summed E-state index contributed by atoms with van der Waals surface area (Å²) in [6.07, 6.45) is 0. The van der Waals surface area contributed by atoms with E-state index in [1.165, 1.54) is 0 Å². The van der Waals surface area contributed by atoms with Crippen molar-refractivity contribution in [3.8, 4) is 0 Å². The van der Waals surface area contributed by atoms with Crippen LogP contribution in [0.15, 0.2) is 27.2 Å². The van der Waals surface area contributed by atoms with Crippen LogP contribution in [0.5, 0.6) is 0 Å². The molecule has 0 spiro atoms. The van der Waals surface area contributed by atoms with Crippen LogP contribution >= 0.6 is 15.9 Å². The number of hydrogen-bond acceptors (Lipinski definition) is 5. The van der Waals surface area contributed by atoms with Crippen molar-refractivity contribution in [2.24, 2.45) is 0 Å². The molecule has 17 heavy (non-hydrogen) atoms. The number of rotatable bonds is 2. The van der Waals surface area contributed by atoms with Gasteiger partial charge in [-0.3, -0.25) is 10.1 Å². The van der Waals surface area contributed by atoms with Crippen molar-refractivity contribution in [2.75, 3.05) is 11.1 Å². The summed E-state index contributed by atoms with van der Waals surface area (Å²) in [5.41, 5.74) is 6.54. The number of nitrogens with two attached hydrogens (primary N) is 1. The first-order valence-electron chi connectivity index (χ1n) is 4.72. The molecule has 0 aliphatic rings. The molecule has 6 nitrogen and oxygen atoms in total. The van der Waals surface area contributed by atoms with E-state index in [4.69, 9.17) is 10.3 Å². The normalized spacial score (nSPS) is 10.2. The van der Waals surface area contributed by atoms with Gasteiger partial charge in [-0.2, -0.15) is 4.98 Å². The van der Waals surface area contributed by atoms with Gasteiger partial charge in [0.15, 0.2) is 5.82 Å². The molecule has 0 fully saturated rings. The van der Waals surface area contributed by atoms with Gasteiger partial charge in [-0.25, -0.2) is 0 Å². The molecule has 0 unspecified atom stereocenters. The number of nitrogens with one attached hydrogen (secondary N) is 1. The number of nitrogen functional groups attached to an aromatic ring is 1. The monoisotopic (exact) mass is 296 g/mol. The highest BCUT2D eigenvalue weighted by Gasteiger charge is 2.11. The van der Waals surface area contributed by atoms with E-state index in [9.17, 15) is 4.79 Å².